The number of nitrogens with zero attached hydrogens (tertiary/aromatic N) is 1. The SMILES string of the molecule is COCc1nc(CNC2(C)CCOC2)cs1. The molecule has 0 radical (unpaired) electrons. The fraction of sp³-hybridized carbons (Fsp3) is 0.727. The number of hydrogen-bond donors (Lipinski definition) is 1. The second-order valence-corrected chi connectivity index (χ2v) is 5.33. The number of ether oxygens (including phenoxy) is 2. The summed E-state index contributed by atoms with van der Waals surface area (Å²) in [6.45, 7) is 5.26. The van der Waals surface area contributed by atoms with Crippen LogP contribution < -0.4 is 5.32 Å². The van der Waals surface area contributed by atoms with Gasteiger partial charge in [0.1, 0.15) is 5.01 Å². The summed E-state index contributed by atoms with van der Waals surface area (Å²) in [6.07, 6.45) is 1.07. The molecule has 1 aromatic heterocycles. The van der Waals surface area contributed by atoms with Crippen molar-refractivity contribution in [3.63, 3.8) is 0 Å². The van der Waals surface area contributed by atoms with Gasteiger partial charge in [-0.25, -0.2) is 4.98 Å². The van der Waals surface area contributed by atoms with Gasteiger partial charge >= 0.3 is 0 Å². The molecule has 2 rings (SSSR count). The van der Waals surface area contributed by atoms with Crippen LogP contribution >= 0.6 is 11.3 Å². The highest BCUT2D eigenvalue weighted by Gasteiger charge is 2.28. The zero-order chi connectivity index (χ0) is 11.4. The van der Waals surface area contributed by atoms with Crippen LogP contribution in [-0.4, -0.2) is 30.8 Å². The van der Waals surface area contributed by atoms with Gasteiger partial charge in [-0.3, -0.25) is 0 Å². The first kappa shape index (κ1) is 12.0. The van der Waals surface area contributed by atoms with Gasteiger partial charge in [-0.15, -0.1) is 11.3 Å². The zero-order valence-corrected chi connectivity index (χ0v) is 10.6. The second kappa shape index (κ2) is 5.23. The molecule has 1 aliphatic rings. The molecule has 0 amide bonds. The Morgan fingerprint density at radius 1 is 1.69 bits per heavy atom. The van der Waals surface area contributed by atoms with Crippen molar-refractivity contribution >= 4 is 11.3 Å². The quantitative estimate of drug-likeness (QED) is 0.851. The molecular formula is C11H18N2O2S. The number of thiazole rings is 1. The number of rotatable bonds is 5. The average molecular weight is 242 g/mol. The summed E-state index contributed by atoms with van der Waals surface area (Å²) in [5, 5.41) is 6.63. The van der Waals surface area contributed by atoms with Crippen LogP contribution in [0.25, 0.3) is 0 Å². The minimum Gasteiger partial charge on any atom is -0.379 e. The average Bonchev–Trinajstić information content (AvgIpc) is 2.86. The largest absolute Gasteiger partial charge is 0.379 e. The first-order valence-corrected chi connectivity index (χ1v) is 6.35. The number of hydrogen-bond acceptors (Lipinski definition) is 5. The smallest absolute Gasteiger partial charge is 0.119 e. The topological polar surface area (TPSA) is 43.4 Å². The van der Waals surface area contributed by atoms with Crippen LogP contribution in [-0.2, 0) is 22.6 Å². The molecular weight excluding hydrogens is 224 g/mol. The first-order chi connectivity index (χ1) is 7.72. The number of methoxy groups -OCH3 is 1. The molecule has 1 atom stereocenters. The molecule has 0 saturated carbocycles. The van der Waals surface area contributed by atoms with Crippen molar-refractivity contribution in [2.45, 2.75) is 32.0 Å². The maximum Gasteiger partial charge on any atom is 0.119 e. The van der Waals surface area contributed by atoms with Crippen LogP contribution in [0.1, 0.15) is 24.0 Å². The van der Waals surface area contributed by atoms with E-state index in [0.29, 0.717) is 6.61 Å². The van der Waals surface area contributed by atoms with Gasteiger partial charge in [-0.05, 0) is 13.3 Å². The number of aromatic nitrogens is 1. The van der Waals surface area contributed by atoms with E-state index in [1.54, 1.807) is 18.4 Å². The lowest BCUT2D eigenvalue weighted by Gasteiger charge is -2.22. The van der Waals surface area contributed by atoms with Crippen molar-refractivity contribution in [1.82, 2.24) is 10.3 Å². The lowest BCUT2D eigenvalue weighted by molar-refractivity contribution is 0.171. The van der Waals surface area contributed by atoms with Crippen LogP contribution in [0.15, 0.2) is 5.38 Å². The van der Waals surface area contributed by atoms with Crippen LogP contribution in [0, 0.1) is 0 Å². The maximum absolute atomic E-state index is 5.39. The molecule has 16 heavy (non-hydrogen) atoms. The van der Waals surface area contributed by atoms with Gasteiger partial charge in [0, 0.05) is 31.2 Å². The van der Waals surface area contributed by atoms with Crippen molar-refractivity contribution in [2.75, 3.05) is 20.3 Å². The summed E-state index contributed by atoms with van der Waals surface area (Å²) in [7, 11) is 1.69. The third kappa shape index (κ3) is 3.01. The minimum absolute atomic E-state index is 0.116. The maximum atomic E-state index is 5.39. The molecule has 1 aliphatic heterocycles. The summed E-state index contributed by atoms with van der Waals surface area (Å²) < 4.78 is 10.4. The van der Waals surface area contributed by atoms with Crippen LogP contribution in [0.2, 0.25) is 0 Å². The summed E-state index contributed by atoms with van der Waals surface area (Å²) in [5.74, 6) is 0. The van der Waals surface area contributed by atoms with E-state index in [1.807, 2.05) is 0 Å². The molecule has 2 heterocycles. The van der Waals surface area contributed by atoms with E-state index >= 15 is 0 Å². The molecule has 1 unspecified atom stereocenters. The minimum atomic E-state index is 0.116. The summed E-state index contributed by atoms with van der Waals surface area (Å²) >= 11 is 1.65. The third-order valence-electron chi connectivity index (χ3n) is 2.78. The molecule has 0 bridgehead atoms. The van der Waals surface area contributed by atoms with Crippen molar-refractivity contribution in [3.05, 3.63) is 16.1 Å². The van der Waals surface area contributed by atoms with E-state index < -0.39 is 0 Å². The molecule has 0 spiro atoms. The molecule has 0 aromatic carbocycles. The van der Waals surface area contributed by atoms with Gasteiger partial charge in [0.2, 0.25) is 0 Å². The van der Waals surface area contributed by atoms with E-state index in [1.165, 1.54) is 0 Å². The van der Waals surface area contributed by atoms with Crippen molar-refractivity contribution in [2.24, 2.45) is 0 Å². The van der Waals surface area contributed by atoms with E-state index in [-0.39, 0.29) is 5.54 Å². The van der Waals surface area contributed by atoms with Crippen LogP contribution in [0.4, 0.5) is 0 Å². The fourth-order valence-corrected chi connectivity index (χ4v) is 2.49. The van der Waals surface area contributed by atoms with Gasteiger partial charge in [0.15, 0.2) is 0 Å². The fourth-order valence-electron chi connectivity index (χ4n) is 1.73. The van der Waals surface area contributed by atoms with E-state index in [0.717, 1.165) is 36.9 Å². The highest BCUT2D eigenvalue weighted by molar-refractivity contribution is 7.09. The van der Waals surface area contributed by atoms with Gasteiger partial charge < -0.3 is 14.8 Å². The lowest BCUT2D eigenvalue weighted by atomic mass is 10.0. The van der Waals surface area contributed by atoms with Gasteiger partial charge in [-0.2, -0.15) is 0 Å². The molecule has 1 fully saturated rings. The summed E-state index contributed by atoms with van der Waals surface area (Å²) in [5.41, 5.74) is 1.20. The van der Waals surface area contributed by atoms with Gasteiger partial charge in [0.05, 0.1) is 18.9 Å². The second-order valence-electron chi connectivity index (χ2n) is 4.38. The molecule has 5 heteroatoms. The molecule has 1 saturated heterocycles. The predicted octanol–water partition coefficient (Wildman–Crippen LogP) is 1.56. The Morgan fingerprint density at radius 3 is 3.25 bits per heavy atom. The van der Waals surface area contributed by atoms with Crippen LogP contribution in [0.5, 0.6) is 0 Å². The molecule has 4 nitrogen and oxygen atoms in total. The van der Waals surface area contributed by atoms with Crippen molar-refractivity contribution in [1.29, 1.82) is 0 Å². The standard InChI is InChI=1S/C11H18N2O2S/c1-11(3-4-15-8-11)12-5-9-7-16-10(13-9)6-14-2/h7,12H,3-6,8H2,1-2H3. The highest BCUT2D eigenvalue weighted by atomic mass is 32.1. The van der Waals surface area contributed by atoms with Crippen molar-refractivity contribution in [3.8, 4) is 0 Å². The monoisotopic (exact) mass is 242 g/mol. The molecule has 0 aliphatic carbocycles. The van der Waals surface area contributed by atoms with E-state index in [4.69, 9.17) is 9.47 Å². The Balaban J connectivity index is 1.84. The Bertz CT molecular complexity index is 334. The Kier molecular flexibility index (Phi) is 3.91. The van der Waals surface area contributed by atoms with E-state index in [2.05, 4.69) is 22.6 Å². The van der Waals surface area contributed by atoms with Gasteiger partial charge in [-0.1, -0.05) is 0 Å². The van der Waals surface area contributed by atoms with Gasteiger partial charge in [0.25, 0.3) is 0 Å². The summed E-state index contributed by atoms with van der Waals surface area (Å²) in [4.78, 5) is 4.48. The Labute approximate surface area is 100.0 Å². The van der Waals surface area contributed by atoms with Crippen LogP contribution in [0.3, 0.4) is 0 Å². The first-order valence-electron chi connectivity index (χ1n) is 5.47. The summed E-state index contributed by atoms with van der Waals surface area (Å²) in [6, 6.07) is 0. The normalized spacial score (nSPS) is 25.1. The molecule has 1 N–H and O–H groups in total. The predicted molar refractivity (Wildman–Crippen MR) is 63.5 cm³/mol. The Morgan fingerprint density at radius 2 is 2.56 bits per heavy atom. The zero-order valence-electron chi connectivity index (χ0n) is 9.78. The third-order valence-corrected chi connectivity index (χ3v) is 3.65. The van der Waals surface area contributed by atoms with E-state index in [9.17, 15) is 0 Å². The lowest BCUT2D eigenvalue weighted by Crippen LogP contribution is -2.42. The molecule has 90 valence electrons. The Hall–Kier alpha value is -0.490. The number of nitrogens with one attached hydrogen (secondary N) is 1. The highest BCUT2D eigenvalue weighted by Crippen LogP contribution is 2.18. The van der Waals surface area contributed by atoms with Crippen molar-refractivity contribution < 1.29 is 9.47 Å². The molecule has 1 aromatic rings.